The number of halogens is 1. The molecule has 2 aromatic carbocycles. The SMILES string of the molecule is CN(CCNC(=O)C1CC(=O)N(c2ccc(Cl)cc2)C1)c1ccccc1. The number of para-hydroxylation sites is 1. The molecule has 0 aliphatic carbocycles. The van der Waals surface area contributed by atoms with Gasteiger partial charge >= 0.3 is 0 Å². The first-order valence-electron chi connectivity index (χ1n) is 8.64. The highest BCUT2D eigenvalue weighted by molar-refractivity contribution is 6.30. The molecule has 1 saturated heterocycles. The first-order chi connectivity index (χ1) is 12.5. The van der Waals surface area contributed by atoms with E-state index in [1.54, 1.807) is 29.2 Å². The molecule has 1 N–H and O–H groups in total. The van der Waals surface area contributed by atoms with Crippen molar-refractivity contribution in [2.24, 2.45) is 5.92 Å². The molecule has 1 atom stereocenters. The Balaban J connectivity index is 1.49. The Morgan fingerprint density at radius 3 is 2.58 bits per heavy atom. The normalized spacial score (nSPS) is 16.6. The van der Waals surface area contributed by atoms with Crippen LogP contribution < -0.4 is 15.1 Å². The van der Waals surface area contributed by atoms with Crippen LogP contribution in [-0.2, 0) is 9.59 Å². The summed E-state index contributed by atoms with van der Waals surface area (Å²) in [5, 5.41) is 3.57. The third kappa shape index (κ3) is 4.35. The van der Waals surface area contributed by atoms with E-state index in [1.165, 1.54) is 0 Å². The number of carbonyl (C=O) groups excluding carboxylic acids is 2. The first kappa shape index (κ1) is 18.3. The Kier molecular flexibility index (Phi) is 5.78. The minimum Gasteiger partial charge on any atom is -0.373 e. The quantitative estimate of drug-likeness (QED) is 0.849. The van der Waals surface area contributed by atoms with Gasteiger partial charge in [0.2, 0.25) is 11.8 Å². The molecule has 1 unspecified atom stereocenters. The monoisotopic (exact) mass is 371 g/mol. The van der Waals surface area contributed by atoms with Gasteiger partial charge in [-0.3, -0.25) is 9.59 Å². The summed E-state index contributed by atoms with van der Waals surface area (Å²) in [6.45, 7) is 1.65. The second-order valence-corrected chi connectivity index (χ2v) is 6.87. The molecule has 1 fully saturated rings. The zero-order chi connectivity index (χ0) is 18.5. The molecule has 1 aliphatic rings. The summed E-state index contributed by atoms with van der Waals surface area (Å²) >= 11 is 5.89. The van der Waals surface area contributed by atoms with Gasteiger partial charge in [-0.2, -0.15) is 0 Å². The number of hydrogen-bond donors (Lipinski definition) is 1. The van der Waals surface area contributed by atoms with Crippen molar-refractivity contribution in [3.8, 4) is 0 Å². The van der Waals surface area contributed by atoms with Crippen molar-refractivity contribution in [2.45, 2.75) is 6.42 Å². The summed E-state index contributed by atoms with van der Waals surface area (Å²) in [6, 6.07) is 17.1. The second-order valence-electron chi connectivity index (χ2n) is 6.43. The Bertz CT molecular complexity index is 764. The molecule has 0 aromatic heterocycles. The van der Waals surface area contributed by atoms with Crippen LogP contribution in [0, 0.1) is 5.92 Å². The number of likely N-dealkylation sites (N-methyl/N-ethyl adjacent to an activating group) is 1. The fourth-order valence-corrected chi connectivity index (χ4v) is 3.18. The van der Waals surface area contributed by atoms with Gasteiger partial charge in [-0.25, -0.2) is 0 Å². The zero-order valence-corrected chi connectivity index (χ0v) is 15.4. The lowest BCUT2D eigenvalue weighted by Gasteiger charge is -2.20. The lowest BCUT2D eigenvalue weighted by molar-refractivity contribution is -0.126. The van der Waals surface area contributed by atoms with E-state index in [0.29, 0.717) is 24.7 Å². The minimum absolute atomic E-state index is 0.0334. The molecule has 26 heavy (non-hydrogen) atoms. The summed E-state index contributed by atoms with van der Waals surface area (Å²) < 4.78 is 0. The van der Waals surface area contributed by atoms with Crippen LogP contribution in [-0.4, -0.2) is 38.5 Å². The molecule has 5 nitrogen and oxygen atoms in total. The standard InChI is InChI=1S/C20H22ClN3O2/c1-23(17-5-3-2-4-6-17)12-11-22-20(26)15-13-19(25)24(14-15)18-9-7-16(21)8-10-18/h2-10,15H,11-14H2,1H3,(H,22,26). The Hall–Kier alpha value is -2.53. The van der Waals surface area contributed by atoms with Crippen LogP contribution in [0.5, 0.6) is 0 Å². The number of nitrogens with one attached hydrogen (secondary N) is 1. The summed E-state index contributed by atoms with van der Waals surface area (Å²) in [4.78, 5) is 28.4. The van der Waals surface area contributed by atoms with Crippen LogP contribution in [0.2, 0.25) is 5.02 Å². The van der Waals surface area contributed by atoms with Crippen LogP contribution in [0.4, 0.5) is 11.4 Å². The van der Waals surface area contributed by atoms with Crippen molar-refractivity contribution in [3.05, 3.63) is 59.6 Å². The Morgan fingerprint density at radius 1 is 1.19 bits per heavy atom. The van der Waals surface area contributed by atoms with E-state index in [0.717, 1.165) is 11.4 Å². The van der Waals surface area contributed by atoms with Gasteiger partial charge in [-0.15, -0.1) is 0 Å². The van der Waals surface area contributed by atoms with Gasteiger partial charge in [0.25, 0.3) is 0 Å². The van der Waals surface area contributed by atoms with Crippen molar-refractivity contribution < 1.29 is 9.59 Å². The maximum Gasteiger partial charge on any atom is 0.227 e. The molecule has 2 aromatic rings. The maximum absolute atomic E-state index is 12.4. The van der Waals surface area contributed by atoms with Gasteiger partial charge in [0, 0.05) is 49.5 Å². The van der Waals surface area contributed by atoms with Gasteiger partial charge in [-0.1, -0.05) is 29.8 Å². The van der Waals surface area contributed by atoms with Crippen LogP contribution >= 0.6 is 11.6 Å². The number of anilines is 2. The maximum atomic E-state index is 12.4. The van der Waals surface area contributed by atoms with E-state index in [4.69, 9.17) is 11.6 Å². The summed E-state index contributed by atoms with van der Waals surface area (Å²) in [5.41, 5.74) is 1.88. The summed E-state index contributed by atoms with van der Waals surface area (Å²) in [6.07, 6.45) is 0.239. The highest BCUT2D eigenvalue weighted by Gasteiger charge is 2.34. The van der Waals surface area contributed by atoms with Crippen LogP contribution in [0.3, 0.4) is 0 Å². The molecule has 1 heterocycles. The fourth-order valence-electron chi connectivity index (χ4n) is 3.06. The van der Waals surface area contributed by atoms with Crippen molar-refractivity contribution in [3.63, 3.8) is 0 Å². The zero-order valence-electron chi connectivity index (χ0n) is 14.7. The average molecular weight is 372 g/mol. The summed E-state index contributed by atoms with van der Waals surface area (Å²) in [5.74, 6) is -0.426. The number of hydrogen-bond acceptors (Lipinski definition) is 3. The lowest BCUT2D eigenvalue weighted by atomic mass is 10.1. The lowest BCUT2D eigenvalue weighted by Crippen LogP contribution is -2.37. The van der Waals surface area contributed by atoms with E-state index in [9.17, 15) is 9.59 Å². The molecule has 1 aliphatic heterocycles. The van der Waals surface area contributed by atoms with Crippen molar-refractivity contribution in [1.82, 2.24) is 5.32 Å². The van der Waals surface area contributed by atoms with Crippen molar-refractivity contribution in [2.75, 3.05) is 36.5 Å². The second kappa shape index (κ2) is 8.23. The highest BCUT2D eigenvalue weighted by atomic mass is 35.5. The van der Waals surface area contributed by atoms with E-state index >= 15 is 0 Å². The van der Waals surface area contributed by atoms with Crippen LogP contribution in [0.15, 0.2) is 54.6 Å². The minimum atomic E-state index is -0.319. The van der Waals surface area contributed by atoms with E-state index < -0.39 is 0 Å². The number of nitrogens with zero attached hydrogens (tertiary/aromatic N) is 2. The van der Waals surface area contributed by atoms with Gasteiger partial charge < -0.3 is 15.1 Å². The van der Waals surface area contributed by atoms with Crippen molar-refractivity contribution >= 4 is 34.8 Å². The van der Waals surface area contributed by atoms with E-state index in [-0.39, 0.29) is 24.2 Å². The molecule has 0 spiro atoms. The third-order valence-corrected chi connectivity index (χ3v) is 4.83. The predicted molar refractivity (Wildman–Crippen MR) is 105 cm³/mol. The average Bonchev–Trinajstić information content (AvgIpc) is 3.05. The number of carbonyl (C=O) groups is 2. The van der Waals surface area contributed by atoms with Gasteiger partial charge in [0.15, 0.2) is 0 Å². The molecule has 3 rings (SSSR count). The number of benzene rings is 2. The van der Waals surface area contributed by atoms with E-state index in [2.05, 4.69) is 10.2 Å². The van der Waals surface area contributed by atoms with Gasteiger partial charge in [-0.05, 0) is 36.4 Å². The topological polar surface area (TPSA) is 52.7 Å². The third-order valence-electron chi connectivity index (χ3n) is 4.58. The predicted octanol–water partition coefficient (Wildman–Crippen LogP) is 2.95. The smallest absolute Gasteiger partial charge is 0.227 e. The largest absolute Gasteiger partial charge is 0.373 e. The van der Waals surface area contributed by atoms with Gasteiger partial charge in [0.05, 0.1) is 5.92 Å². The molecule has 136 valence electrons. The molecule has 0 bridgehead atoms. The van der Waals surface area contributed by atoms with E-state index in [1.807, 2.05) is 37.4 Å². The fraction of sp³-hybridized carbons (Fsp3) is 0.300. The van der Waals surface area contributed by atoms with Crippen LogP contribution in [0.25, 0.3) is 0 Å². The Labute approximate surface area is 158 Å². The summed E-state index contributed by atoms with van der Waals surface area (Å²) in [7, 11) is 1.99. The van der Waals surface area contributed by atoms with Crippen molar-refractivity contribution in [1.29, 1.82) is 0 Å². The molecule has 6 heteroatoms. The highest BCUT2D eigenvalue weighted by Crippen LogP contribution is 2.26. The molecule has 0 saturated carbocycles. The number of amides is 2. The molecular weight excluding hydrogens is 350 g/mol. The molecule has 2 amide bonds. The first-order valence-corrected chi connectivity index (χ1v) is 9.02. The van der Waals surface area contributed by atoms with Gasteiger partial charge in [0.1, 0.15) is 0 Å². The number of rotatable bonds is 6. The Morgan fingerprint density at radius 2 is 1.88 bits per heavy atom. The molecule has 0 radical (unpaired) electrons. The van der Waals surface area contributed by atoms with Crippen LogP contribution in [0.1, 0.15) is 6.42 Å². The molecular formula is C20H22ClN3O2.